The SMILES string of the molecule is O=C(O)CSCC(=O)N1CCC(Oc2cccnc2N2CCCC2)C1. The van der Waals surface area contributed by atoms with Gasteiger partial charge in [0.15, 0.2) is 11.6 Å². The van der Waals surface area contributed by atoms with E-state index < -0.39 is 5.97 Å². The van der Waals surface area contributed by atoms with Crippen LogP contribution >= 0.6 is 11.8 Å². The van der Waals surface area contributed by atoms with Gasteiger partial charge in [0.05, 0.1) is 18.1 Å². The fourth-order valence-electron chi connectivity index (χ4n) is 3.19. The molecule has 1 N–H and O–H groups in total. The van der Waals surface area contributed by atoms with E-state index in [9.17, 15) is 9.59 Å². The van der Waals surface area contributed by atoms with Crippen LogP contribution in [0.25, 0.3) is 0 Å². The average molecular weight is 365 g/mol. The molecule has 2 fully saturated rings. The Kier molecular flexibility index (Phi) is 6.01. The molecule has 3 heterocycles. The van der Waals surface area contributed by atoms with E-state index in [-0.39, 0.29) is 23.5 Å². The number of rotatable bonds is 7. The smallest absolute Gasteiger partial charge is 0.313 e. The number of ether oxygens (including phenoxy) is 1. The standard InChI is InChI=1S/C17H23N3O4S/c21-15(11-25-12-16(22)23)20-9-5-13(10-20)24-14-4-3-6-18-17(14)19-7-1-2-8-19/h3-4,6,13H,1-2,5,7-12H2,(H,22,23). The number of aliphatic carboxylic acids is 1. The number of carbonyl (C=O) groups is 2. The maximum atomic E-state index is 12.1. The van der Waals surface area contributed by atoms with Crippen LogP contribution in [0.5, 0.6) is 5.75 Å². The monoisotopic (exact) mass is 365 g/mol. The quantitative estimate of drug-likeness (QED) is 0.783. The van der Waals surface area contributed by atoms with E-state index in [1.165, 1.54) is 12.8 Å². The minimum atomic E-state index is -0.897. The molecule has 0 bridgehead atoms. The Balaban J connectivity index is 1.53. The lowest BCUT2D eigenvalue weighted by atomic mass is 10.3. The molecule has 25 heavy (non-hydrogen) atoms. The summed E-state index contributed by atoms with van der Waals surface area (Å²) in [6.45, 7) is 3.20. The first kappa shape index (κ1) is 17.8. The van der Waals surface area contributed by atoms with Gasteiger partial charge in [-0.2, -0.15) is 0 Å². The largest absolute Gasteiger partial charge is 0.485 e. The first-order valence-corrected chi connectivity index (χ1v) is 9.73. The molecule has 2 saturated heterocycles. The molecule has 136 valence electrons. The highest BCUT2D eigenvalue weighted by atomic mass is 32.2. The maximum Gasteiger partial charge on any atom is 0.313 e. The summed E-state index contributed by atoms with van der Waals surface area (Å²) in [5.41, 5.74) is 0. The van der Waals surface area contributed by atoms with E-state index in [1.54, 1.807) is 11.1 Å². The summed E-state index contributed by atoms with van der Waals surface area (Å²) in [4.78, 5) is 31.1. The van der Waals surface area contributed by atoms with E-state index >= 15 is 0 Å². The second kappa shape index (κ2) is 8.42. The van der Waals surface area contributed by atoms with Crippen molar-refractivity contribution < 1.29 is 19.4 Å². The summed E-state index contributed by atoms with van der Waals surface area (Å²) >= 11 is 1.13. The Morgan fingerprint density at radius 3 is 2.84 bits per heavy atom. The van der Waals surface area contributed by atoms with Gasteiger partial charge in [0.25, 0.3) is 0 Å². The third-order valence-corrected chi connectivity index (χ3v) is 5.30. The summed E-state index contributed by atoms with van der Waals surface area (Å²) in [6.07, 6.45) is 4.87. The van der Waals surface area contributed by atoms with Crippen molar-refractivity contribution in [1.29, 1.82) is 0 Å². The number of carboxylic acid groups (broad SMARTS) is 1. The molecule has 2 aliphatic rings. The Morgan fingerprint density at radius 2 is 2.08 bits per heavy atom. The molecular formula is C17H23N3O4S. The van der Waals surface area contributed by atoms with Gasteiger partial charge in [-0.05, 0) is 25.0 Å². The van der Waals surface area contributed by atoms with E-state index in [4.69, 9.17) is 9.84 Å². The van der Waals surface area contributed by atoms with Gasteiger partial charge in [-0.3, -0.25) is 9.59 Å². The number of anilines is 1. The molecule has 1 aromatic heterocycles. The maximum absolute atomic E-state index is 12.1. The first-order valence-electron chi connectivity index (χ1n) is 8.57. The van der Waals surface area contributed by atoms with E-state index in [0.717, 1.165) is 42.8 Å². The lowest BCUT2D eigenvalue weighted by molar-refractivity contribution is -0.133. The molecule has 1 atom stereocenters. The fraction of sp³-hybridized carbons (Fsp3) is 0.588. The van der Waals surface area contributed by atoms with Crippen LogP contribution in [-0.2, 0) is 9.59 Å². The van der Waals surface area contributed by atoms with Crippen molar-refractivity contribution in [2.24, 2.45) is 0 Å². The third-order valence-electron chi connectivity index (χ3n) is 4.40. The van der Waals surface area contributed by atoms with Gasteiger partial charge < -0.3 is 19.6 Å². The molecule has 0 spiro atoms. The second-order valence-corrected chi connectivity index (χ2v) is 7.26. The molecule has 0 radical (unpaired) electrons. The van der Waals surface area contributed by atoms with Crippen molar-refractivity contribution in [2.45, 2.75) is 25.4 Å². The fourth-order valence-corrected chi connectivity index (χ4v) is 3.82. The van der Waals surface area contributed by atoms with Gasteiger partial charge in [-0.25, -0.2) is 4.98 Å². The van der Waals surface area contributed by atoms with Crippen molar-refractivity contribution in [3.63, 3.8) is 0 Å². The zero-order chi connectivity index (χ0) is 17.6. The number of carbonyl (C=O) groups excluding carboxylic acids is 1. The minimum Gasteiger partial charge on any atom is -0.485 e. The zero-order valence-corrected chi connectivity index (χ0v) is 14.9. The van der Waals surface area contributed by atoms with Crippen LogP contribution in [0.15, 0.2) is 18.3 Å². The number of nitrogens with zero attached hydrogens (tertiary/aromatic N) is 3. The normalized spacial score (nSPS) is 20.1. The Bertz CT molecular complexity index is 622. The zero-order valence-electron chi connectivity index (χ0n) is 14.1. The highest BCUT2D eigenvalue weighted by Gasteiger charge is 2.29. The third kappa shape index (κ3) is 4.78. The van der Waals surface area contributed by atoms with Gasteiger partial charge >= 0.3 is 5.97 Å². The average Bonchev–Trinajstić information content (AvgIpc) is 3.26. The molecule has 0 aliphatic carbocycles. The summed E-state index contributed by atoms with van der Waals surface area (Å²) in [6, 6.07) is 3.81. The Labute approximate surface area is 151 Å². The summed E-state index contributed by atoms with van der Waals surface area (Å²) in [5.74, 6) is 0.903. The number of likely N-dealkylation sites (tertiary alicyclic amines) is 1. The van der Waals surface area contributed by atoms with Gasteiger partial charge in [0.1, 0.15) is 6.10 Å². The Morgan fingerprint density at radius 1 is 1.28 bits per heavy atom. The molecule has 2 aliphatic heterocycles. The predicted octanol–water partition coefficient (Wildman–Crippen LogP) is 1.48. The van der Waals surface area contributed by atoms with E-state index in [1.807, 2.05) is 12.1 Å². The number of thioether (sulfide) groups is 1. The lowest BCUT2D eigenvalue weighted by Gasteiger charge is -2.22. The van der Waals surface area contributed by atoms with Crippen LogP contribution in [0.3, 0.4) is 0 Å². The van der Waals surface area contributed by atoms with E-state index in [2.05, 4.69) is 9.88 Å². The number of aromatic nitrogens is 1. The second-order valence-electron chi connectivity index (χ2n) is 6.27. The van der Waals surface area contributed by atoms with Crippen LogP contribution < -0.4 is 9.64 Å². The summed E-state index contributed by atoms with van der Waals surface area (Å²) in [5, 5.41) is 8.64. The number of amides is 1. The molecule has 7 nitrogen and oxygen atoms in total. The van der Waals surface area contributed by atoms with Gasteiger partial charge in [-0.1, -0.05) is 0 Å². The van der Waals surface area contributed by atoms with Crippen molar-refractivity contribution >= 4 is 29.5 Å². The minimum absolute atomic E-state index is 0.0247. The van der Waals surface area contributed by atoms with Crippen molar-refractivity contribution in [2.75, 3.05) is 42.6 Å². The lowest BCUT2D eigenvalue weighted by Crippen LogP contribution is -2.32. The van der Waals surface area contributed by atoms with Gasteiger partial charge in [0.2, 0.25) is 5.91 Å². The topological polar surface area (TPSA) is 83.0 Å². The highest BCUT2D eigenvalue weighted by molar-refractivity contribution is 8.00. The number of pyridine rings is 1. The van der Waals surface area contributed by atoms with Crippen LogP contribution in [0.1, 0.15) is 19.3 Å². The molecule has 8 heteroatoms. The first-order chi connectivity index (χ1) is 12.1. The molecule has 3 rings (SSSR count). The van der Waals surface area contributed by atoms with Gasteiger partial charge in [0, 0.05) is 32.3 Å². The predicted molar refractivity (Wildman–Crippen MR) is 96.3 cm³/mol. The molecule has 1 unspecified atom stereocenters. The van der Waals surface area contributed by atoms with E-state index in [0.29, 0.717) is 13.1 Å². The van der Waals surface area contributed by atoms with Crippen molar-refractivity contribution in [3.05, 3.63) is 18.3 Å². The molecule has 1 amide bonds. The van der Waals surface area contributed by atoms with Crippen molar-refractivity contribution in [1.82, 2.24) is 9.88 Å². The van der Waals surface area contributed by atoms with Crippen LogP contribution in [0.2, 0.25) is 0 Å². The molecular weight excluding hydrogens is 342 g/mol. The van der Waals surface area contributed by atoms with Crippen molar-refractivity contribution in [3.8, 4) is 5.75 Å². The number of carboxylic acids is 1. The molecule has 1 aromatic rings. The highest BCUT2D eigenvalue weighted by Crippen LogP contribution is 2.30. The van der Waals surface area contributed by atoms with Crippen LogP contribution in [-0.4, -0.2) is 70.7 Å². The van der Waals surface area contributed by atoms with Crippen LogP contribution in [0, 0.1) is 0 Å². The van der Waals surface area contributed by atoms with Gasteiger partial charge in [-0.15, -0.1) is 11.8 Å². The Hall–Kier alpha value is -1.96. The molecule has 0 saturated carbocycles. The number of hydrogen-bond donors (Lipinski definition) is 1. The van der Waals surface area contributed by atoms with Crippen LogP contribution in [0.4, 0.5) is 5.82 Å². The summed E-state index contributed by atoms with van der Waals surface area (Å²) < 4.78 is 6.14. The number of hydrogen-bond acceptors (Lipinski definition) is 6. The summed E-state index contributed by atoms with van der Waals surface area (Å²) in [7, 11) is 0. The molecule has 0 aromatic carbocycles.